The Morgan fingerprint density at radius 2 is 1.37 bits per heavy atom. The minimum Gasteiger partial charge on any atom is -0.458 e. The zero-order chi connectivity index (χ0) is 26.5. The number of benzene rings is 2. The maximum Gasteiger partial charge on any atom is 0.333 e. The second kappa shape index (κ2) is 9.58. The van der Waals surface area contributed by atoms with Gasteiger partial charge in [-0.15, -0.1) is 0 Å². The molecule has 0 spiro atoms. The van der Waals surface area contributed by atoms with E-state index in [1.165, 1.54) is 22.5 Å². The molecule has 0 aromatic heterocycles. The van der Waals surface area contributed by atoms with Gasteiger partial charge in [0.2, 0.25) is 0 Å². The maximum absolute atomic E-state index is 12.9. The van der Waals surface area contributed by atoms with E-state index in [0.29, 0.717) is 18.3 Å². The molecule has 0 aliphatic carbocycles. The van der Waals surface area contributed by atoms with Crippen LogP contribution in [0.1, 0.15) is 50.7 Å². The van der Waals surface area contributed by atoms with Crippen LogP contribution in [0.4, 0.5) is 11.4 Å². The number of para-hydroxylation sites is 2. The highest BCUT2D eigenvalue weighted by Crippen LogP contribution is 2.51. The van der Waals surface area contributed by atoms with Gasteiger partial charge in [-0.1, -0.05) is 48.6 Å². The van der Waals surface area contributed by atoms with Crippen LogP contribution < -0.4 is 10.6 Å². The first-order chi connectivity index (χ1) is 18.3. The normalized spacial score (nSPS) is 30.3. The van der Waals surface area contributed by atoms with Crippen LogP contribution in [0.3, 0.4) is 0 Å². The van der Waals surface area contributed by atoms with Crippen LogP contribution in [0.15, 0.2) is 71.8 Å². The molecule has 38 heavy (non-hydrogen) atoms. The zero-order valence-electron chi connectivity index (χ0n) is 23.1. The molecule has 0 radical (unpaired) electrons. The Morgan fingerprint density at radius 1 is 0.868 bits per heavy atom. The van der Waals surface area contributed by atoms with Crippen LogP contribution in [0.25, 0.3) is 0 Å². The summed E-state index contributed by atoms with van der Waals surface area (Å²) in [5.41, 5.74) is 7.10. The smallest absolute Gasteiger partial charge is 0.333 e. The van der Waals surface area contributed by atoms with Crippen molar-refractivity contribution in [2.75, 3.05) is 44.4 Å². The zero-order valence-corrected chi connectivity index (χ0v) is 23.1. The van der Waals surface area contributed by atoms with Crippen molar-refractivity contribution in [2.24, 2.45) is 0 Å². The summed E-state index contributed by atoms with van der Waals surface area (Å²) in [6.07, 6.45) is 8.91. The highest BCUT2D eigenvalue weighted by Gasteiger charge is 2.52. The minimum atomic E-state index is -0.221. The second-order valence-corrected chi connectivity index (χ2v) is 11.9. The van der Waals surface area contributed by atoms with Crippen LogP contribution in [0, 0.1) is 0 Å². The third-order valence-electron chi connectivity index (χ3n) is 9.60. The van der Waals surface area contributed by atoms with Crippen LogP contribution in [0.5, 0.6) is 0 Å². The van der Waals surface area contributed by atoms with Gasteiger partial charge < -0.3 is 15.4 Å². The SMILES string of the molecule is CC(=CC[C@@]12CCN(C)[C@@H]1Nc1ccccc12)COC(=O)C(C)=CC[C@@]12CCN(C)[C@@H]1Nc1ccccc12. The van der Waals surface area contributed by atoms with Crippen LogP contribution in [-0.4, -0.2) is 61.9 Å². The van der Waals surface area contributed by atoms with Gasteiger partial charge in [0.1, 0.15) is 6.61 Å². The number of carbonyl (C=O) groups excluding carboxylic acids is 1. The molecule has 4 heterocycles. The van der Waals surface area contributed by atoms with Crippen LogP contribution in [0.2, 0.25) is 0 Å². The quantitative estimate of drug-likeness (QED) is 0.300. The fourth-order valence-corrected chi connectivity index (χ4v) is 7.34. The molecule has 2 aromatic carbocycles. The van der Waals surface area contributed by atoms with Gasteiger partial charge >= 0.3 is 5.97 Å². The summed E-state index contributed by atoms with van der Waals surface area (Å²) in [6, 6.07) is 17.3. The first kappa shape index (κ1) is 25.2. The van der Waals surface area contributed by atoms with E-state index in [1.54, 1.807) is 0 Å². The van der Waals surface area contributed by atoms with E-state index in [-0.39, 0.29) is 23.0 Å². The Kier molecular flexibility index (Phi) is 6.36. The molecule has 6 heteroatoms. The summed E-state index contributed by atoms with van der Waals surface area (Å²) in [6.45, 7) is 6.42. The third-order valence-corrected chi connectivity index (χ3v) is 9.60. The van der Waals surface area contributed by atoms with Crippen molar-refractivity contribution in [3.63, 3.8) is 0 Å². The van der Waals surface area contributed by atoms with E-state index in [2.05, 4.69) is 102 Å². The molecule has 2 saturated heterocycles. The van der Waals surface area contributed by atoms with E-state index >= 15 is 0 Å². The molecule has 0 amide bonds. The molecule has 0 bridgehead atoms. The molecule has 4 aliphatic heterocycles. The lowest BCUT2D eigenvalue weighted by Gasteiger charge is -2.30. The Hall–Kier alpha value is -3.09. The van der Waals surface area contributed by atoms with Crippen LogP contribution in [-0.2, 0) is 20.4 Å². The Balaban J connectivity index is 1.10. The molecular weight excluding hydrogens is 472 g/mol. The molecule has 0 saturated carbocycles. The van der Waals surface area contributed by atoms with Gasteiger partial charge in [0, 0.05) is 40.9 Å². The number of anilines is 2. The summed E-state index contributed by atoms with van der Waals surface area (Å²) in [5.74, 6) is -0.221. The number of likely N-dealkylation sites (N-methyl/N-ethyl adjacent to an activating group) is 2. The molecule has 6 rings (SSSR count). The van der Waals surface area contributed by atoms with Gasteiger partial charge in [0.15, 0.2) is 0 Å². The predicted molar refractivity (Wildman–Crippen MR) is 153 cm³/mol. The van der Waals surface area contributed by atoms with Gasteiger partial charge in [0.05, 0.1) is 12.3 Å². The highest BCUT2D eigenvalue weighted by atomic mass is 16.5. The Bertz CT molecular complexity index is 1300. The number of ether oxygens (including phenoxy) is 1. The molecule has 6 nitrogen and oxygen atoms in total. The second-order valence-electron chi connectivity index (χ2n) is 11.9. The van der Waals surface area contributed by atoms with Crippen molar-refractivity contribution in [1.29, 1.82) is 0 Å². The van der Waals surface area contributed by atoms with Gasteiger partial charge in [0.25, 0.3) is 0 Å². The number of hydrogen-bond acceptors (Lipinski definition) is 6. The lowest BCUT2D eigenvalue weighted by molar-refractivity contribution is -0.138. The number of fused-ring (bicyclic) bond motifs is 6. The minimum absolute atomic E-state index is 0.00139. The number of nitrogens with one attached hydrogen (secondary N) is 2. The van der Waals surface area contributed by atoms with E-state index in [4.69, 9.17) is 4.74 Å². The number of hydrogen-bond donors (Lipinski definition) is 2. The number of esters is 1. The summed E-state index contributed by atoms with van der Waals surface area (Å²) in [4.78, 5) is 17.7. The molecule has 2 N–H and O–H groups in total. The van der Waals surface area contributed by atoms with Crippen molar-refractivity contribution in [2.45, 2.75) is 62.7 Å². The maximum atomic E-state index is 12.9. The largest absolute Gasteiger partial charge is 0.458 e. The topological polar surface area (TPSA) is 56.8 Å². The van der Waals surface area contributed by atoms with E-state index < -0.39 is 0 Å². The third kappa shape index (κ3) is 3.97. The average molecular weight is 513 g/mol. The van der Waals surface area contributed by atoms with E-state index in [1.807, 2.05) is 6.92 Å². The molecule has 2 fully saturated rings. The predicted octanol–water partition coefficient (Wildman–Crippen LogP) is 5.25. The van der Waals surface area contributed by atoms with Gasteiger partial charge in [-0.2, -0.15) is 0 Å². The average Bonchev–Trinajstić information content (AvgIpc) is 3.63. The highest BCUT2D eigenvalue weighted by molar-refractivity contribution is 5.87. The summed E-state index contributed by atoms with van der Waals surface area (Å²) in [7, 11) is 4.38. The number of likely N-dealkylation sites (tertiary alicyclic amines) is 2. The summed E-state index contributed by atoms with van der Waals surface area (Å²) < 4.78 is 5.77. The van der Waals surface area contributed by atoms with E-state index in [9.17, 15) is 4.79 Å². The first-order valence-corrected chi connectivity index (χ1v) is 14.0. The molecule has 2 aromatic rings. The molecule has 0 unspecified atom stereocenters. The molecule has 4 aliphatic rings. The van der Waals surface area contributed by atoms with Crippen molar-refractivity contribution >= 4 is 17.3 Å². The molecular formula is C32H40N4O2. The fraction of sp³-hybridized carbons (Fsp3) is 0.469. The number of allylic oxidation sites excluding steroid dienone is 2. The van der Waals surface area contributed by atoms with E-state index in [0.717, 1.165) is 44.3 Å². The standard InChI is InChI=1S/C32H40N4O2/c1-22(13-15-31-17-19-35(3)29(31)33-26-11-7-5-9-24(26)31)21-38-28(37)23(2)14-16-32-18-20-36(4)30(32)34-27-12-8-6-10-25(27)32/h5-14,29-30,33-34H,15-21H2,1-4H3/t29-,30-,31-,32-/m0/s1. The fourth-order valence-electron chi connectivity index (χ4n) is 7.34. The summed E-state index contributed by atoms with van der Waals surface area (Å²) >= 11 is 0. The van der Waals surface area contributed by atoms with Crippen molar-refractivity contribution in [3.8, 4) is 0 Å². The lowest BCUT2D eigenvalue weighted by Crippen LogP contribution is -2.41. The lowest BCUT2D eigenvalue weighted by atomic mass is 9.76. The monoisotopic (exact) mass is 512 g/mol. The Labute approximate surface area is 226 Å². The molecule has 4 atom stereocenters. The number of carbonyl (C=O) groups is 1. The van der Waals surface area contributed by atoms with Crippen molar-refractivity contribution in [1.82, 2.24) is 9.80 Å². The first-order valence-electron chi connectivity index (χ1n) is 14.0. The van der Waals surface area contributed by atoms with Gasteiger partial charge in [-0.25, -0.2) is 4.79 Å². The summed E-state index contributed by atoms with van der Waals surface area (Å²) in [5, 5.41) is 7.44. The number of rotatable bonds is 7. The van der Waals surface area contributed by atoms with Crippen LogP contribution >= 0.6 is 0 Å². The van der Waals surface area contributed by atoms with Gasteiger partial charge in [-0.3, -0.25) is 9.80 Å². The van der Waals surface area contributed by atoms with Gasteiger partial charge in [-0.05, 0) is 82.5 Å². The number of nitrogens with zero attached hydrogens (tertiary/aromatic N) is 2. The molecule has 200 valence electrons. The van der Waals surface area contributed by atoms with Crippen molar-refractivity contribution in [3.05, 3.63) is 83.0 Å². The van der Waals surface area contributed by atoms with Crippen molar-refractivity contribution < 1.29 is 9.53 Å². The Morgan fingerprint density at radius 3 is 1.92 bits per heavy atom.